The number of benzene rings is 2. The van der Waals surface area contributed by atoms with Crippen molar-refractivity contribution in [3.05, 3.63) is 58.9 Å². The molecular weight excluding hydrogens is 327 g/mol. The molecule has 0 aliphatic carbocycles. The maximum absolute atomic E-state index is 13.5. The van der Waals surface area contributed by atoms with Crippen molar-refractivity contribution in [1.29, 1.82) is 0 Å². The second kappa shape index (κ2) is 7.21. The molecule has 0 radical (unpaired) electrons. The third kappa shape index (κ3) is 3.88. The Morgan fingerprint density at radius 2 is 1.56 bits per heavy atom. The van der Waals surface area contributed by atoms with Crippen LogP contribution < -0.4 is 20.1 Å². The van der Waals surface area contributed by atoms with Gasteiger partial charge in [0.2, 0.25) is 6.79 Å². The average molecular weight is 344 g/mol. The number of ether oxygens (including phenoxy) is 2. The van der Waals surface area contributed by atoms with E-state index >= 15 is 0 Å². The van der Waals surface area contributed by atoms with E-state index in [1.165, 1.54) is 6.07 Å². The highest BCUT2D eigenvalue weighted by atomic mass is 19.1. The van der Waals surface area contributed by atoms with Crippen LogP contribution in [0.5, 0.6) is 11.5 Å². The first-order chi connectivity index (χ1) is 12.0. The minimum absolute atomic E-state index is 0.145. The van der Waals surface area contributed by atoms with Crippen molar-refractivity contribution < 1.29 is 23.5 Å². The summed E-state index contributed by atoms with van der Waals surface area (Å²) in [5.41, 5.74) is 1.16. The molecule has 2 amide bonds. The Bertz CT molecular complexity index is 823. The predicted molar refractivity (Wildman–Crippen MR) is 88.4 cm³/mol. The number of rotatable bonds is 5. The van der Waals surface area contributed by atoms with Gasteiger partial charge in [-0.15, -0.1) is 0 Å². The summed E-state index contributed by atoms with van der Waals surface area (Å²) in [6.45, 7) is 2.24. The number of hydrogen-bond donors (Lipinski definition) is 2. The highest BCUT2D eigenvalue weighted by Gasteiger charge is 2.16. The van der Waals surface area contributed by atoms with Crippen molar-refractivity contribution in [1.82, 2.24) is 10.6 Å². The van der Waals surface area contributed by atoms with E-state index in [0.29, 0.717) is 22.6 Å². The number of aryl methyl sites for hydroxylation is 1. The topological polar surface area (TPSA) is 76.7 Å². The minimum Gasteiger partial charge on any atom is -0.454 e. The number of fused-ring (bicyclic) bond motifs is 1. The molecule has 0 unspecified atom stereocenters. The number of carbonyl (C=O) groups is 2. The van der Waals surface area contributed by atoms with Gasteiger partial charge in [0.15, 0.2) is 11.5 Å². The van der Waals surface area contributed by atoms with Crippen molar-refractivity contribution >= 4 is 11.8 Å². The van der Waals surface area contributed by atoms with Gasteiger partial charge in [-0.25, -0.2) is 4.39 Å². The van der Waals surface area contributed by atoms with E-state index in [0.717, 1.165) is 0 Å². The summed E-state index contributed by atoms with van der Waals surface area (Å²) < 4.78 is 23.9. The van der Waals surface area contributed by atoms with Gasteiger partial charge >= 0.3 is 0 Å². The molecular formula is C18H17FN2O4. The van der Waals surface area contributed by atoms with Gasteiger partial charge in [-0.05, 0) is 42.8 Å². The molecule has 0 saturated carbocycles. The number of hydrogen-bond acceptors (Lipinski definition) is 4. The molecule has 0 aromatic heterocycles. The Labute approximate surface area is 143 Å². The Morgan fingerprint density at radius 1 is 0.960 bits per heavy atom. The van der Waals surface area contributed by atoms with Crippen LogP contribution in [0.3, 0.4) is 0 Å². The molecule has 0 spiro atoms. The molecule has 130 valence electrons. The highest BCUT2D eigenvalue weighted by Crippen LogP contribution is 2.32. The summed E-state index contributed by atoms with van der Waals surface area (Å²) in [6.07, 6.45) is 0. The summed E-state index contributed by atoms with van der Waals surface area (Å²) >= 11 is 0. The lowest BCUT2D eigenvalue weighted by Gasteiger charge is -2.08. The fraction of sp³-hybridized carbons (Fsp3) is 0.222. The summed E-state index contributed by atoms with van der Waals surface area (Å²) in [4.78, 5) is 24.0. The Kier molecular flexibility index (Phi) is 4.83. The monoisotopic (exact) mass is 344 g/mol. The van der Waals surface area contributed by atoms with Crippen LogP contribution in [-0.2, 0) is 0 Å². The van der Waals surface area contributed by atoms with Crippen molar-refractivity contribution in [3.8, 4) is 11.5 Å². The molecule has 7 heteroatoms. The lowest BCUT2D eigenvalue weighted by molar-refractivity contribution is 0.0927. The van der Waals surface area contributed by atoms with Gasteiger partial charge in [-0.3, -0.25) is 9.59 Å². The SMILES string of the molecule is Cc1ccc(C(=O)NCCNC(=O)c2ccc3c(c2)OCO3)cc1F. The van der Waals surface area contributed by atoms with Crippen molar-refractivity contribution in [2.24, 2.45) is 0 Å². The molecule has 0 bridgehead atoms. The van der Waals surface area contributed by atoms with Gasteiger partial charge in [-0.1, -0.05) is 6.07 Å². The summed E-state index contributed by atoms with van der Waals surface area (Å²) in [5, 5.41) is 5.32. The molecule has 2 N–H and O–H groups in total. The second-order valence-electron chi connectivity index (χ2n) is 5.54. The van der Waals surface area contributed by atoms with Crippen molar-refractivity contribution in [2.45, 2.75) is 6.92 Å². The highest BCUT2D eigenvalue weighted by molar-refractivity contribution is 5.95. The van der Waals surface area contributed by atoms with E-state index in [-0.39, 0.29) is 31.4 Å². The number of nitrogens with one attached hydrogen (secondary N) is 2. The van der Waals surface area contributed by atoms with Crippen LogP contribution in [0.2, 0.25) is 0 Å². The Morgan fingerprint density at radius 3 is 2.24 bits per heavy atom. The zero-order valence-electron chi connectivity index (χ0n) is 13.6. The first kappa shape index (κ1) is 16.8. The van der Waals surface area contributed by atoms with Crippen LogP contribution in [0, 0.1) is 12.7 Å². The predicted octanol–water partition coefficient (Wildman–Crippen LogP) is 2.02. The Hall–Kier alpha value is -3.09. The minimum atomic E-state index is -0.427. The molecule has 0 saturated heterocycles. The maximum atomic E-state index is 13.5. The van der Waals surface area contributed by atoms with Crippen LogP contribution in [-0.4, -0.2) is 31.7 Å². The van der Waals surface area contributed by atoms with Gasteiger partial charge in [-0.2, -0.15) is 0 Å². The first-order valence-electron chi connectivity index (χ1n) is 7.77. The van der Waals surface area contributed by atoms with E-state index in [2.05, 4.69) is 10.6 Å². The van der Waals surface area contributed by atoms with Gasteiger partial charge in [0, 0.05) is 24.2 Å². The molecule has 1 aliphatic heterocycles. The van der Waals surface area contributed by atoms with E-state index in [4.69, 9.17) is 9.47 Å². The summed E-state index contributed by atoms with van der Waals surface area (Å²) in [6, 6.07) is 9.20. The van der Waals surface area contributed by atoms with Crippen LogP contribution >= 0.6 is 0 Å². The molecule has 0 fully saturated rings. The number of amides is 2. The van der Waals surface area contributed by atoms with E-state index in [9.17, 15) is 14.0 Å². The molecule has 25 heavy (non-hydrogen) atoms. The lowest BCUT2D eigenvalue weighted by atomic mass is 10.1. The number of carbonyl (C=O) groups excluding carboxylic acids is 2. The van der Waals surface area contributed by atoms with Crippen LogP contribution in [0.15, 0.2) is 36.4 Å². The van der Waals surface area contributed by atoms with Gasteiger partial charge in [0.25, 0.3) is 11.8 Å². The van der Waals surface area contributed by atoms with Gasteiger partial charge in [0.1, 0.15) is 5.82 Å². The smallest absolute Gasteiger partial charge is 0.251 e. The molecule has 2 aromatic rings. The summed E-state index contributed by atoms with van der Waals surface area (Å²) in [5.74, 6) is 0.0328. The quantitative estimate of drug-likeness (QED) is 0.814. The summed E-state index contributed by atoms with van der Waals surface area (Å²) in [7, 11) is 0. The molecule has 1 aliphatic rings. The molecule has 6 nitrogen and oxygen atoms in total. The molecule has 1 heterocycles. The first-order valence-corrected chi connectivity index (χ1v) is 7.77. The maximum Gasteiger partial charge on any atom is 0.251 e. The molecule has 0 atom stereocenters. The van der Waals surface area contributed by atoms with Gasteiger partial charge in [0.05, 0.1) is 0 Å². The zero-order chi connectivity index (χ0) is 17.8. The van der Waals surface area contributed by atoms with E-state index in [1.54, 1.807) is 37.3 Å². The Balaban J connectivity index is 1.47. The van der Waals surface area contributed by atoms with Crippen LogP contribution in [0.4, 0.5) is 4.39 Å². The standard InChI is InChI=1S/C18H17FN2O4/c1-11-2-3-12(8-14(11)19)17(22)20-6-7-21-18(23)13-4-5-15-16(9-13)25-10-24-15/h2-5,8-9H,6-7,10H2,1H3,(H,20,22)(H,21,23). The fourth-order valence-corrected chi connectivity index (χ4v) is 2.33. The largest absolute Gasteiger partial charge is 0.454 e. The third-order valence-corrected chi connectivity index (χ3v) is 3.76. The zero-order valence-corrected chi connectivity index (χ0v) is 13.6. The van der Waals surface area contributed by atoms with Gasteiger partial charge < -0.3 is 20.1 Å². The van der Waals surface area contributed by atoms with E-state index in [1.807, 2.05) is 0 Å². The average Bonchev–Trinajstić information content (AvgIpc) is 3.08. The normalized spacial score (nSPS) is 11.9. The van der Waals surface area contributed by atoms with Crippen molar-refractivity contribution in [2.75, 3.05) is 19.9 Å². The van der Waals surface area contributed by atoms with Crippen molar-refractivity contribution in [3.63, 3.8) is 0 Å². The van der Waals surface area contributed by atoms with Crippen LogP contribution in [0.1, 0.15) is 26.3 Å². The fourth-order valence-electron chi connectivity index (χ4n) is 2.33. The third-order valence-electron chi connectivity index (χ3n) is 3.76. The lowest BCUT2D eigenvalue weighted by Crippen LogP contribution is -2.34. The van der Waals surface area contributed by atoms with Crippen LogP contribution in [0.25, 0.3) is 0 Å². The second-order valence-corrected chi connectivity index (χ2v) is 5.54. The molecule has 2 aromatic carbocycles. The van der Waals surface area contributed by atoms with E-state index < -0.39 is 11.7 Å². The molecule has 3 rings (SSSR count). The number of halogens is 1.